The average molecular weight is 239 g/mol. The zero-order valence-electron chi connectivity index (χ0n) is 8.86. The fourth-order valence-corrected chi connectivity index (χ4v) is 1.54. The van der Waals surface area contributed by atoms with Gasteiger partial charge in [0, 0.05) is 12.1 Å². The van der Waals surface area contributed by atoms with Crippen molar-refractivity contribution in [1.82, 2.24) is 0 Å². The molecule has 0 aliphatic carbocycles. The Balaban J connectivity index is 3.01. The molecule has 0 aliphatic heterocycles. The lowest BCUT2D eigenvalue weighted by atomic mass is 9.90. The highest BCUT2D eigenvalue weighted by molar-refractivity contribution is 5.67. The van der Waals surface area contributed by atoms with E-state index in [9.17, 15) is 13.6 Å². The van der Waals surface area contributed by atoms with Gasteiger partial charge in [-0.25, -0.2) is 8.78 Å². The summed E-state index contributed by atoms with van der Waals surface area (Å²) in [5.41, 5.74) is 5.76. The molecule has 0 bridgehead atoms. The second kappa shape index (κ2) is 5.41. The number of hydrogen-bond acceptors (Lipinski definition) is 2. The Hall–Kier alpha value is -1.93. The third-order valence-electron chi connectivity index (χ3n) is 2.26. The van der Waals surface area contributed by atoms with E-state index >= 15 is 0 Å². The first kappa shape index (κ1) is 13.1. The summed E-state index contributed by atoms with van der Waals surface area (Å²) < 4.78 is 26.0. The zero-order chi connectivity index (χ0) is 13.0. The first-order valence-electron chi connectivity index (χ1n) is 4.83. The lowest BCUT2D eigenvalue weighted by Crippen LogP contribution is -2.30. The maximum absolute atomic E-state index is 13.0. The van der Waals surface area contributed by atoms with Crippen LogP contribution in [0.5, 0.6) is 0 Å². The Morgan fingerprint density at radius 2 is 1.94 bits per heavy atom. The third kappa shape index (κ3) is 3.54. The lowest BCUT2D eigenvalue weighted by Gasteiger charge is -2.17. The van der Waals surface area contributed by atoms with Gasteiger partial charge in [-0.1, -0.05) is 5.92 Å². The SMILES string of the molecule is C#C[C@@H](c1cc(F)cc(F)c1)[C@H](N)CC(=O)O. The van der Waals surface area contributed by atoms with Gasteiger partial charge in [-0.3, -0.25) is 4.79 Å². The van der Waals surface area contributed by atoms with Gasteiger partial charge in [-0.15, -0.1) is 6.42 Å². The lowest BCUT2D eigenvalue weighted by molar-refractivity contribution is -0.137. The fourth-order valence-electron chi connectivity index (χ4n) is 1.54. The van der Waals surface area contributed by atoms with E-state index in [0.717, 1.165) is 12.1 Å². The highest BCUT2D eigenvalue weighted by Gasteiger charge is 2.21. The van der Waals surface area contributed by atoms with Crippen molar-refractivity contribution in [3.05, 3.63) is 35.4 Å². The molecular formula is C12H11F2NO2. The zero-order valence-corrected chi connectivity index (χ0v) is 8.86. The van der Waals surface area contributed by atoms with Crippen molar-refractivity contribution >= 4 is 5.97 Å². The Morgan fingerprint density at radius 3 is 2.35 bits per heavy atom. The van der Waals surface area contributed by atoms with Crippen molar-refractivity contribution < 1.29 is 18.7 Å². The Labute approximate surface area is 97.2 Å². The number of carboxylic acids is 1. The number of hydrogen-bond donors (Lipinski definition) is 2. The van der Waals surface area contributed by atoms with Crippen LogP contribution in [0.15, 0.2) is 18.2 Å². The molecule has 0 aromatic heterocycles. The van der Waals surface area contributed by atoms with E-state index in [1.54, 1.807) is 0 Å². The number of nitrogens with two attached hydrogens (primary N) is 1. The van der Waals surface area contributed by atoms with Crippen LogP contribution in [0.1, 0.15) is 17.9 Å². The van der Waals surface area contributed by atoms with Gasteiger partial charge in [0.05, 0.1) is 12.3 Å². The van der Waals surface area contributed by atoms with Crippen molar-refractivity contribution in [3.8, 4) is 12.3 Å². The second-order valence-electron chi connectivity index (χ2n) is 3.61. The highest BCUT2D eigenvalue weighted by atomic mass is 19.1. The number of terminal acetylenes is 1. The first-order chi connectivity index (χ1) is 7.93. The molecular weight excluding hydrogens is 228 g/mol. The second-order valence-corrected chi connectivity index (χ2v) is 3.61. The standard InChI is InChI=1S/C12H11F2NO2/c1-2-10(11(15)6-12(16)17)7-3-8(13)5-9(14)4-7/h1,3-5,10-11H,6,15H2,(H,16,17)/t10-,11+/m0/s1. The Kier molecular flexibility index (Phi) is 4.18. The monoisotopic (exact) mass is 239 g/mol. The summed E-state index contributed by atoms with van der Waals surface area (Å²) in [5, 5.41) is 8.59. The molecule has 1 rings (SSSR count). The third-order valence-corrected chi connectivity index (χ3v) is 2.26. The van der Waals surface area contributed by atoms with E-state index in [1.165, 1.54) is 0 Å². The largest absolute Gasteiger partial charge is 0.481 e. The number of benzene rings is 1. The Bertz CT molecular complexity index is 448. The predicted molar refractivity (Wildman–Crippen MR) is 58.2 cm³/mol. The van der Waals surface area contributed by atoms with Crippen molar-refractivity contribution in [3.63, 3.8) is 0 Å². The summed E-state index contributed by atoms with van der Waals surface area (Å²) in [6.45, 7) is 0. The molecule has 5 heteroatoms. The minimum Gasteiger partial charge on any atom is -0.481 e. The summed E-state index contributed by atoms with van der Waals surface area (Å²) in [5.74, 6) is -1.25. The molecule has 0 aliphatic rings. The van der Waals surface area contributed by atoms with Gasteiger partial charge in [0.15, 0.2) is 0 Å². The summed E-state index contributed by atoms with van der Waals surface area (Å²) in [6.07, 6.45) is 4.85. The summed E-state index contributed by atoms with van der Waals surface area (Å²) in [4.78, 5) is 10.5. The van der Waals surface area contributed by atoms with Crippen molar-refractivity contribution in [1.29, 1.82) is 0 Å². The van der Waals surface area contributed by atoms with Crippen LogP contribution >= 0.6 is 0 Å². The van der Waals surface area contributed by atoms with Crippen LogP contribution in [0.2, 0.25) is 0 Å². The van der Waals surface area contributed by atoms with Crippen LogP contribution in [0.25, 0.3) is 0 Å². The van der Waals surface area contributed by atoms with Crippen LogP contribution in [-0.4, -0.2) is 17.1 Å². The van der Waals surface area contributed by atoms with Crippen LogP contribution in [0.3, 0.4) is 0 Å². The van der Waals surface area contributed by atoms with Crippen molar-refractivity contribution in [2.75, 3.05) is 0 Å². The summed E-state index contributed by atoms with van der Waals surface area (Å²) >= 11 is 0. The summed E-state index contributed by atoms with van der Waals surface area (Å²) in [7, 11) is 0. The van der Waals surface area contributed by atoms with Crippen molar-refractivity contribution in [2.45, 2.75) is 18.4 Å². The van der Waals surface area contributed by atoms with E-state index in [2.05, 4.69) is 5.92 Å². The fraction of sp³-hybridized carbons (Fsp3) is 0.250. The predicted octanol–water partition coefficient (Wildman–Crippen LogP) is 1.48. The molecule has 0 fully saturated rings. The molecule has 2 atom stereocenters. The van der Waals surface area contributed by atoms with Crippen LogP contribution in [-0.2, 0) is 4.79 Å². The number of carboxylic acid groups (broad SMARTS) is 1. The van der Waals surface area contributed by atoms with E-state index < -0.39 is 29.6 Å². The molecule has 1 aromatic rings. The van der Waals surface area contributed by atoms with E-state index in [0.29, 0.717) is 6.07 Å². The van der Waals surface area contributed by atoms with Crippen LogP contribution in [0, 0.1) is 24.0 Å². The topological polar surface area (TPSA) is 63.3 Å². The van der Waals surface area contributed by atoms with Gasteiger partial charge in [0.1, 0.15) is 11.6 Å². The molecule has 1 aromatic carbocycles. The molecule has 3 nitrogen and oxygen atoms in total. The molecule has 90 valence electrons. The number of carbonyl (C=O) groups is 1. The van der Waals surface area contributed by atoms with Gasteiger partial charge in [-0.05, 0) is 17.7 Å². The smallest absolute Gasteiger partial charge is 0.304 e. The molecule has 0 saturated carbocycles. The number of halogens is 2. The quantitative estimate of drug-likeness (QED) is 0.782. The highest BCUT2D eigenvalue weighted by Crippen LogP contribution is 2.21. The average Bonchev–Trinajstić information content (AvgIpc) is 2.15. The van der Waals surface area contributed by atoms with E-state index in [-0.39, 0.29) is 12.0 Å². The van der Waals surface area contributed by atoms with Crippen LogP contribution in [0.4, 0.5) is 8.78 Å². The van der Waals surface area contributed by atoms with E-state index in [4.69, 9.17) is 17.3 Å². The van der Waals surface area contributed by atoms with Gasteiger partial charge in [0.25, 0.3) is 0 Å². The molecule has 0 saturated heterocycles. The minimum absolute atomic E-state index is 0.166. The van der Waals surface area contributed by atoms with Gasteiger partial charge in [-0.2, -0.15) is 0 Å². The molecule has 0 amide bonds. The normalized spacial score (nSPS) is 13.8. The molecule has 0 radical (unpaired) electrons. The summed E-state index contributed by atoms with van der Waals surface area (Å²) in [6, 6.07) is 1.92. The molecule has 17 heavy (non-hydrogen) atoms. The van der Waals surface area contributed by atoms with Crippen molar-refractivity contribution in [2.24, 2.45) is 5.73 Å². The molecule has 0 unspecified atom stereocenters. The minimum atomic E-state index is -1.12. The number of aliphatic carboxylic acids is 1. The Morgan fingerprint density at radius 1 is 1.41 bits per heavy atom. The molecule has 0 heterocycles. The van der Waals surface area contributed by atoms with Gasteiger partial charge < -0.3 is 10.8 Å². The molecule has 0 spiro atoms. The van der Waals surface area contributed by atoms with Gasteiger partial charge in [0.2, 0.25) is 0 Å². The maximum atomic E-state index is 13.0. The number of rotatable bonds is 4. The first-order valence-corrected chi connectivity index (χ1v) is 4.83. The van der Waals surface area contributed by atoms with Crippen LogP contribution < -0.4 is 5.73 Å². The molecule has 3 N–H and O–H groups in total. The van der Waals surface area contributed by atoms with E-state index in [1.807, 2.05) is 0 Å². The van der Waals surface area contributed by atoms with Gasteiger partial charge >= 0.3 is 5.97 Å². The maximum Gasteiger partial charge on any atom is 0.304 e.